The van der Waals surface area contributed by atoms with Gasteiger partial charge in [0.2, 0.25) is 0 Å². The highest BCUT2D eigenvalue weighted by Gasteiger charge is 2.20. The van der Waals surface area contributed by atoms with Crippen molar-refractivity contribution in [1.82, 2.24) is 0 Å². The van der Waals surface area contributed by atoms with E-state index in [1.807, 2.05) is 0 Å². The highest BCUT2D eigenvalue weighted by Crippen LogP contribution is 2.29. The molecule has 11 heavy (non-hydrogen) atoms. The number of halogens is 1. The molecule has 2 nitrogen and oxygen atoms in total. The van der Waals surface area contributed by atoms with Crippen molar-refractivity contribution in [3.8, 4) is 0 Å². The molecule has 0 fully saturated rings. The molecule has 1 atom stereocenters. The number of fused-ring (bicyclic) bond motifs is 1. The van der Waals surface area contributed by atoms with Gasteiger partial charge in [-0.25, -0.2) is 0 Å². The van der Waals surface area contributed by atoms with Gasteiger partial charge < -0.3 is 10.2 Å². The summed E-state index contributed by atoms with van der Waals surface area (Å²) in [7, 11) is 0. The van der Waals surface area contributed by atoms with Crippen LogP contribution in [0.3, 0.4) is 0 Å². The van der Waals surface area contributed by atoms with Crippen LogP contribution < -0.4 is 5.73 Å². The molecule has 1 aliphatic carbocycles. The third-order valence-electron chi connectivity index (χ3n) is 2.14. The molecule has 3 heteroatoms. The van der Waals surface area contributed by atoms with E-state index in [4.69, 9.17) is 10.2 Å². The van der Waals surface area contributed by atoms with Gasteiger partial charge in [0.1, 0.15) is 12.0 Å². The number of nitrogens with two attached hydrogens (primary N) is 1. The molecule has 0 amide bonds. The minimum atomic E-state index is 0.316. The van der Waals surface area contributed by atoms with Gasteiger partial charge in [0.05, 0.1) is 4.47 Å². The van der Waals surface area contributed by atoms with Crippen LogP contribution >= 0.6 is 15.9 Å². The van der Waals surface area contributed by atoms with Crippen molar-refractivity contribution in [3.05, 3.63) is 22.1 Å². The van der Waals surface area contributed by atoms with Crippen molar-refractivity contribution in [3.63, 3.8) is 0 Å². The zero-order valence-corrected chi connectivity index (χ0v) is 7.73. The van der Waals surface area contributed by atoms with Crippen LogP contribution in [0.4, 0.5) is 0 Å². The quantitative estimate of drug-likeness (QED) is 0.718. The Morgan fingerprint density at radius 1 is 1.64 bits per heavy atom. The first kappa shape index (κ1) is 7.37. The second kappa shape index (κ2) is 2.64. The Balaban J connectivity index is 2.37. The second-order valence-electron chi connectivity index (χ2n) is 2.99. The lowest BCUT2D eigenvalue weighted by Crippen LogP contribution is -2.27. The van der Waals surface area contributed by atoms with Crippen LogP contribution in [-0.4, -0.2) is 6.04 Å². The van der Waals surface area contributed by atoms with Gasteiger partial charge in [0.15, 0.2) is 0 Å². The Kier molecular flexibility index (Phi) is 1.77. The highest BCUT2D eigenvalue weighted by atomic mass is 79.9. The molecule has 0 radical (unpaired) electrons. The molecule has 0 saturated carbocycles. The van der Waals surface area contributed by atoms with Crippen molar-refractivity contribution in [2.24, 2.45) is 5.73 Å². The van der Waals surface area contributed by atoms with Crippen LogP contribution in [0.2, 0.25) is 0 Å². The van der Waals surface area contributed by atoms with Crippen LogP contribution in [0.25, 0.3) is 0 Å². The van der Waals surface area contributed by atoms with Gasteiger partial charge in [0, 0.05) is 18.0 Å². The maximum atomic E-state index is 5.82. The van der Waals surface area contributed by atoms with E-state index in [0.717, 1.165) is 29.5 Å². The van der Waals surface area contributed by atoms with Gasteiger partial charge in [-0.2, -0.15) is 0 Å². The first-order chi connectivity index (χ1) is 5.27. The van der Waals surface area contributed by atoms with Crippen LogP contribution in [-0.2, 0) is 12.8 Å². The van der Waals surface area contributed by atoms with Crippen molar-refractivity contribution in [2.45, 2.75) is 25.3 Å². The fraction of sp³-hybridized carbons (Fsp3) is 0.500. The third kappa shape index (κ3) is 1.23. The van der Waals surface area contributed by atoms with Crippen LogP contribution in [0.1, 0.15) is 17.7 Å². The van der Waals surface area contributed by atoms with Gasteiger partial charge in [-0.05, 0) is 28.8 Å². The number of rotatable bonds is 0. The lowest BCUT2D eigenvalue weighted by Gasteiger charge is -2.16. The van der Waals surface area contributed by atoms with E-state index in [1.165, 1.54) is 5.56 Å². The smallest absolute Gasteiger partial charge is 0.108 e. The Bertz CT molecular complexity index is 269. The molecule has 1 aromatic heterocycles. The molecular weight excluding hydrogens is 206 g/mol. The maximum absolute atomic E-state index is 5.82. The van der Waals surface area contributed by atoms with Crippen LogP contribution in [0.15, 0.2) is 15.2 Å². The number of hydrogen-bond acceptors (Lipinski definition) is 2. The lowest BCUT2D eigenvalue weighted by molar-refractivity contribution is 0.456. The molecule has 0 bridgehead atoms. The summed E-state index contributed by atoms with van der Waals surface area (Å²) >= 11 is 3.43. The molecule has 1 aliphatic rings. The Morgan fingerprint density at radius 3 is 3.27 bits per heavy atom. The zero-order chi connectivity index (χ0) is 7.84. The van der Waals surface area contributed by atoms with E-state index in [1.54, 1.807) is 6.26 Å². The van der Waals surface area contributed by atoms with Crippen molar-refractivity contribution >= 4 is 15.9 Å². The lowest BCUT2D eigenvalue weighted by atomic mass is 9.95. The first-order valence-electron chi connectivity index (χ1n) is 3.77. The Morgan fingerprint density at radius 2 is 2.45 bits per heavy atom. The average Bonchev–Trinajstić information content (AvgIpc) is 2.33. The van der Waals surface area contributed by atoms with Crippen molar-refractivity contribution < 1.29 is 4.42 Å². The third-order valence-corrected chi connectivity index (χ3v) is 2.80. The van der Waals surface area contributed by atoms with Crippen molar-refractivity contribution in [1.29, 1.82) is 0 Å². The SMILES string of the molecule is NC1CCc2occ(Br)c2C1. The summed E-state index contributed by atoms with van der Waals surface area (Å²) in [5.41, 5.74) is 7.08. The van der Waals surface area contributed by atoms with E-state index in [-0.39, 0.29) is 0 Å². The number of hydrogen-bond donors (Lipinski definition) is 1. The molecule has 0 aromatic carbocycles. The predicted molar refractivity (Wildman–Crippen MR) is 46.4 cm³/mol. The molecular formula is C8H10BrNO. The summed E-state index contributed by atoms with van der Waals surface area (Å²) in [5, 5.41) is 0. The zero-order valence-electron chi connectivity index (χ0n) is 6.14. The van der Waals surface area contributed by atoms with E-state index in [9.17, 15) is 0 Å². The van der Waals surface area contributed by atoms with Crippen LogP contribution in [0.5, 0.6) is 0 Å². The largest absolute Gasteiger partial charge is 0.468 e. The summed E-state index contributed by atoms with van der Waals surface area (Å²) in [6.07, 6.45) is 4.74. The molecule has 0 aliphatic heterocycles. The minimum Gasteiger partial charge on any atom is -0.468 e. The molecule has 1 heterocycles. The fourth-order valence-corrected chi connectivity index (χ4v) is 1.98. The van der Waals surface area contributed by atoms with E-state index in [2.05, 4.69) is 15.9 Å². The molecule has 0 saturated heterocycles. The van der Waals surface area contributed by atoms with Crippen LogP contribution in [0, 0.1) is 0 Å². The fourth-order valence-electron chi connectivity index (χ4n) is 1.50. The molecule has 1 aromatic rings. The van der Waals surface area contributed by atoms with Gasteiger partial charge in [-0.1, -0.05) is 0 Å². The first-order valence-corrected chi connectivity index (χ1v) is 4.57. The topological polar surface area (TPSA) is 39.2 Å². The van der Waals surface area contributed by atoms with Gasteiger partial charge in [-0.3, -0.25) is 0 Å². The minimum absolute atomic E-state index is 0.316. The predicted octanol–water partition coefficient (Wildman–Crippen LogP) is 1.86. The average molecular weight is 216 g/mol. The molecule has 0 spiro atoms. The summed E-state index contributed by atoms with van der Waals surface area (Å²) in [6, 6.07) is 0.316. The monoisotopic (exact) mass is 215 g/mol. The molecule has 60 valence electrons. The number of aryl methyl sites for hydroxylation is 1. The Hall–Kier alpha value is -0.280. The van der Waals surface area contributed by atoms with Gasteiger partial charge >= 0.3 is 0 Å². The number of furan rings is 1. The standard InChI is InChI=1S/C8H10BrNO/c9-7-4-11-8-2-1-5(10)3-6(7)8/h4-5H,1-3,10H2. The van der Waals surface area contributed by atoms with Gasteiger partial charge in [-0.15, -0.1) is 0 Å². The maximum Gasteiger partial charge on any atom is 0.108 e. The molecule has 2 rings (SSSR count). The van der Waals surface area contributed by atoms with E-state index >= 15 is 0 Å². The summed E-state index contributed by atoms with van der Waals surface area (Å²) in [4.78, 5) is 0. The van der Waals surface area contributed by atoms with E-state index < -0.39 is 0 Å². The highest BCUT2D eigenvalue weighted by molar-refractivity contribution is 9.10. The second-order valence-corrected chi connectivity index (χ2v) is 3.84. The Labute approximate surface area is 73.9 Å². The van der Waals surface area contributed by atoms with Crippen molar-refractivity contribution in [2.75, 3.05) is 0 Å². The van der Waals surface area contributed by atoms with E-state index in [0.29, 0.717) is 6.04 Å². The molecule has 1 unspecified atom stereocenters. The normalized spacial score (nSPS) is 23.3. The summed E-state index contributed by atoms with van der Waals surface area (Å²) in [6.45, 7) is 0. The summed E-state index contributed by atoms with van der Waals surface area (Å²) in [5.74, 6) is 1.11. The molecule has 2 N–H and O–H groups in total. The summed E-state index contributed by atoms with van der Waals surface area (Å²) < 4.78 is 6.40. The van der Waals surface area contributed by atoms with Gasteiger partial charge in [0.25, 0.3) is 0 Å².